The van der Waals surface area contributed by atoms with Crippen LogP contribution in [0.25, 0.3) is 0 Å². The minimum Gasteiger partial charge on any atom is -0.380 e. The molecular formula is C20H17F2N3O. The number of pyridine rings is 1. The normalized spacial score (nSPS) is 10.4. The van der Waals surface area contributed by atoms with Crippen molar-refractivity contribution in [2.24, 2.45) is 0 Å². The van der Waals surface area contributed by atoms with Crippen LogP contribution in [0.4, 0.5) is 20.2 Å². The lowest BCUT2D eigenvalue weighted by atomic mass is 10.1. The summed E-state index contributed by atoms with van der Waals surface area (Å²) in [7, 11) is 0. The highest BCUT2D eigenvalue weighted by molar-refractivity contribution is 6.02. The first-order chi connectivity index (χ1) is 12.5. The first kappa shape index (κ1) is 17.5. The van der Waals surface area contributed by atoms with Gasteiger partial charge in [0.05, 0.1) is 11.9 Å². The second-order valence-electron chi connectivity index (χ2n) is 5.85. The molecule has 132 valence electrons. The largest absolute Gasteiger partial charge is 0.380 e. The van der Waals surface area contributed by atoms with E-state index in [2.05, 4.69) is 15.6 Å². The average molecular weight is 353 g/mol. The molecule has 1 aromatic heterocycles. The molecule has 26 heavy (non-hydrogen) atoms. The quantitative estimate of drug-likeness (QED) is 0.708. The first-order valence-corrected chi connectivity index (χ1v) is 8.03. The molecule has 3 aromatic rings. The van der Waals surface area contributed by atoms with Gasteiger partial charge in [-0.2, -0.15) is 0 Å². The van der Waals surface area contributed by atoms with Crippen LogP contribution in [-0.4, -0.2) is 10.9 Å². The summed E-state index contributed by atoms with van der Waals surface area (Å²) < 4.78 is 26.1. The van der Waals surface area contributed by atoms with Crippen LogP contribution in [0.3, 0.4) is 0 Å². The third kappa shape index (κ3) is 4.42. The van der Waals surface area contributed by atoms with Gasteiger partial charge in [-0.25, -0.2) is 13.8 Å². The van der Waals surface area contributed by atoms with E-state index in [1.165, 1.54) is 11.6 Å². The molecule has 0 radical (unpaired) electrons. The summed E-state index contributed by atoms with van der Waals surface area (Å²) in [5, 5.41) is 5.70. The molecule has 0 aliphatic heterocycles. The number of hydrogen-bond acceptors (Lipinski definition) is 3. The number of benzene rings is 2. The van der Waals surface area contributed by atoms with Crippen LogP contribution in [0.5, 0.6) is 0 Å². The SMILES string of the molecule is Cc1ccc(CNc2ccc(C(=O)Nc3ccc(F)c(F)c3)nc2)cc1. The molecule has 4 nitrogen and oxygen atoms in total. The fourth-order valence-corrected chi connectivity index (χ4v) is 2.31. The van der Waals surface area contributed by atoms with Crippen LogP contribution in [0.2, 0.25) is 0 Å². The van der Waals surface area contributed by atoms with E-state index >= 15 is 0 Å². The zero-order valence-corrected chi connectivity index (χ0v) is 14.1. The van der Waals surface area contributed by atoms with Gasteiger partial charge in [0.15, 0.2) is 11.6 Å². The fourth-order valence-electron chi connectivity index (χ4n) is 2.31. The third-order valence-electron chi connectivity index (χ3n) is 3.79. The van der Waals surface area contributed by atoms with Crippen LogP contribution in [0.15, 0.2) is 60.8 Å². The molecule has 1 heterocycles. The molecule has 0 aliphatic rings. The van der Waals surface area contributed by atoms with Gasteiger partial charge in [0.1, 0.15) is 5.69 Å². The number of carbonyl (C=O) groups excluding carboxylic acids is 1. The van der Waals surface area contributed by atoms with Gasteiger partial charge in [-0.1, -0.05) is 29.8 Å². The summed E-state index contributed by atoms with van der Waals surface area (Å²) in [5.41, 5.74) is 3.45. The minimum atomic E-state index is -1.02. The number of anilines is 2. The highest BCUT2D eigenvalue weighted by atomic mass is 19.2. The van der Waals surface area contributed by atoms with Gasteiger partial charge in [0, 0.05) is 18.3 Å². The minimum absolute atomic E-state index is 0.164. The molecule has 0 bridgehead atoms. The predicted octanol–water partition coefficient (Wildman–Crippen LogP) is 4.53. The molecule has 0 saturated heterocycles. The number of hydrogen-bond donors (Lipinski definition) is 2. The Morgan fingerprint density at radius 3 is 2.35 bits per heavy atom. The van der Waals surface area contributed by atoms with Crippen LogP contribution < -0.4 is 10.6 Å². The fraction of sp³-hybridized carbons (Fsp3) is 0.100. The molecule has 0 saturated carbocycles. The Balaban J connectivity index is 1.60. The van der Waals surface area contributed by atoms with E-state index in [4.69, 9.17) is 0 Å². The van der Waals surface area contributed by atoms with E-state index in [1.807, 2.05) is 31.2 Å². The number of carbonyl (C=O) groups is 1. The second kappa shape index (κ2) is 7.74. The lowest BCUT2D eigenvalue weighted by Crippen LogP contribution is -2.14. The molecular weight excluding hydrogens is 336 g/mol. The average Bonchev–Trinajstić information content (AvgIpc) is 2.65. The van der Waals surface area contributed by atoms with E-state index in [-0.39, 0.29) is 11.4 Å². The molecule has 0 unspecified atom stereocenters. The van der Waals surface area contributed by atoms with Crippen LogP contribution in [0.1, 0.15) is 21.6 Å². The van der Waals surface area contributed by atoms with E-state index in [0.717, 1.165) is 23.4 Å². The van der Waals surface area contributed by atoms with Gasteiger partial charge in [-0.05, 0) is 36.8 Å². The third-order valence-corrected chi connectivity index (χ3v) is 3.79. The number of rotatable bonds is 5. The van der Waals surface area contributed by atoms with Gasteiger partial charge in [-0.3, -0.25) is 4.79 Å². The molecule has 0 aliphatic carbocycles. The smallest absolute Gasteiger partial charge is 0.274 e. The predicted molar refractivity (Wildman–Crippen MR) is 97.1 cm³/mol. The molecule has 2 aromatic carbocycles. The van der Waals surface area contributed by atoms with Crippen molar-refractivity contribution in [3.8, 4) is 0 Å². The molecule has 0 fully saturated rings. The summed E-state index contributed by atoms with van der Waals surface area (Å²) in [6.07, 6.45) is 1.55. The maximum absolute atomic E-state index is 13.2. The summed E-state index contributed by atoms with van der Waals surface area (Å²) >= 11 is 0. The van der Waals surface area contributed by atoms with Gasteiger partial charge in [0.2, 0.25) is 0 Å². The lowest BCUT2D eigenvalue weighted by Gasteiger charge is -2.08. The number of aromatic nitrogens is 1. The van der Waals surface area contributed by atoms with Crippen LogP contribution in [0, 0.1) is 18.6 Å². The summed E-state index contributed by atoms with van der Waals surface area (Å²) in [6.45, 7) is 2.67. The number of halogens is 2. The van der Waals surface area contributed by atoms with Crippen molar-refractivity contribution in [3.63, 3.8) is 0 Å². The van der Waals surface area contributed by atoms with E-state index in [9.17, 15) is 13.6 Å². The first-order valence-electron chi connectivity index (χ1n) is 8.03. The van der Waals surface area contributed by atoms with E-state index in [1.54, 1.807) is 18.3 Å². The summed E-state index contributed by atoms with van der Waals surface area (Å²) in [6, 6.07) is 14.6. The van der Waals surface area contributed by atoms with Crippen molar-refractivity contribution in [3.05, 3.63) is 89.2 Å². The lowest BCUT2D eigenvalue weighted by molar-refractivity contribution is 0.102. The molecule has 2 N–H and O–H groups in total. The van der Waals surface area contributed by atoms with Crippen molar-refractivity contribution in [2.45, 2.75) is 13.5 Å². The Hall–Kier alpha value is -3.28. The second-order valence-corrected chi connectivity index (χ2v) is 5.85. The Morgan fingerprint density at radius 1 is 0.962 bits per heavy atom. The highest BCUT2D eigenvalue weighted by Gasteiger charge is 2.09. The van der Waals surface area contributed by atoms with Gasteiger partial charge < -0.3 is 10.6 Å². The van der Waals surface area contributed by atoms with Crippen LogP contribution >= 0.6 is 0 Å². The van der Waals surface area contributed by atoms with Crippen molar-refractivity contribution < 1.29 is 13.6 Å². The zero-order chi connectivity index (χ0) is 18.5. The molecule has 0 spiro atoms. The zero-order valence-electron chi connectivity index (χ0n) is 14.1. The Labute approximate surface area is 149 Å². The van der Waals surface area contributed by atoms with Gasteiger partial charge >= 0.3 is 0 Å². The van der Waals surface area contributed by atoms with Crippen LogP contribution in [-0.2, 0) is 6.54 Å². The van der Waals surface area contributed by atoms with Crippen molar-refractivity contribution in [1.29, 1.82) is 0 Å². The van der Waals surface area contributed by atoms with Crippen molar-refractivity contribution in [1.82, 2.24) is 4.98 Å². The molecule has 1 amide bonds. The number of nitrogens with zero attached hydrogens (tertiary/aromatic N) is 1. The van der Waals surface area contributed by atoms with Crippen molar-refractivity contribution >= 4 is 17.3 Å². The standard InChI is InChI=1S/C20H17F2N3O/c1-13-2-4-14(5-3-13)11-23-16-7-9-19(24-12-16)20(26)25-15-6-8-17(21)18(22)10-15/h2-10,12,23H,11H2,1H3,(H,25,26). The van der Waals surface area contributed by atoms with E-state index < -0.39 is 17.5 Å². The monoisotopic (exact) mass is 353 g/mol. The highest BCUT2D eigenvalue weighted by Crippen LogP contribution is 2.15. The van der Waals surface area contributed by atoms with E-state index in [0.29, 0.717) is 6.54 Å². The maximum Gasteiger partial charge on any atom is 0.274 e. The van der Waals surface area contributed by atoms with Gasteiger partial charge in [-0.15, -0.1) is 0 Å². The Kier molecular flexibility index (Phi) is 5.22. The van der Waals surface area contributed by atoms with Crippen molar-refractivity contribution in [2.75, 3.05) is 10.6 Å². The summed E-state index contributed by atoms with van der Waals surface area (Å²) in [4.78, 5) is 16.2. The Morgan fingerprint density at radius 2 is 1.69 bits per heavy atom. The molecule has 3 rings (SSSR count). The summed E-state index contributed by atoms with van der Waals surface area (Å²) in [5.74, 6) is -2.49. The molecule has 0 atom stereocenters. The molecule has 6 heteroatoms. The topological polar surface area (TPSA) is 54.0 Å². The number of nitrogens with one attached hydrogen (secondary N) is 2. The van der Waals surface area contributed by atoms with Gasteiger partial charge in [0.25, 0.3) is 5.91 Å². The number of aryl methyl sites for hydroxylation is 1. The Bertz CT molecular complexity index is 909. The number of amides is 1. The maximum atomic E-state index is 13.2.